The van der Waals surface area contributed by atoms with Crippen molar-refractivity contribution < 1.29 is 9.53 Å². The van der Waals surface area contributed by atoms with Crippen LogP contribution in [0, 0.1) is 0 Å². The summed E-state index contributed by atoms with van der Waals surface area (Å²) in [6, 6.07) is 16.4. The number of nitrogens with one attached hydrogen (secondary N) is 2. The van der Waals surface area contributed by atoms with Gasteiger partial charge in [-0.25, -0.2) is 4.79 Å². The molecule has 5 nitrogen and oxygen atoms in total. The zero-order chi connectivity index (χ0) is 17.8. The zero-order valence-electron chi connectivity index (χ0n) is 14.9. The summed E-state index contributed by atoms with van der Waals surface area (Å²) >= 11 is 0. The quantitative estimate of drug-likeness (QED) is 0.891. The van der Waals surface area contributed by atoms with E-state index in [2.05, 4.69) is 39.8 Å². The van der Waals surface area contributed by atoms with Crippen molar-refractivity contribution >= 4 is 6.03 Å². The highest BCUT2D eigenvalue weighted by atomic mass is 16.5. The first-order valence-electron chi connectivity index (χ1n) is 9.35. The van der Waals surface area contributed by atoms with Crippen molar-refractivity contribution in [1.29, 1.82) is 0 Å². The summed E-state index contributed by atoms with van der Waals surface area (Å²) in [7, 11) is 0. The molecule has 2 aliphatic rings. The summed E-state index contributed by atoms with van der Waals surface area (Å²) < 4.78 is 5.65. The fourth-order valence-corrected chi connectivity index (χ4v) is 3.77. The molecule has 0 aromatic heterocycles. The Morgan fingerprint density at radius 1 is 1.12 bits per heavy atom. The second kappa shape index (κ2) is 7.79. The highest BCUT2D eigenvalue weighted by Gasteiger charge is 2.22. The molecule has 0 radical (unpaired) electrons. The molecule has 0 bridgehead atoms. The molecular weight excluding hydrogens is 326 g/mol. The maximum absolute atomic E-state index is 12.3. The molecule has 0 saturated heterocycles. The van der Waals surface area contributed by atoms with Crippen molar-refractivity contribution in [3.63, 3.8) is 0 Å². The maximum atomic E-state index is 12.3. The van der Waals surface area contributed by atoms with Gasteiger partial charge in [0.1, 0.15) is 5.75 Å². The van der Waals surface area contributed by atoms with Crippen LogP contribution >= 0.6 is 0 Å². The highest BCUT2D eigenvalue weighted by Crippen LogP contribution is 2.31. The van der Waals surface area contributed by atoms with E-state index in [1.807, 2.05) is 24.3 Å². The minimum absolute atomic E-state index is 0.0156. The first kappa shape index (κ1) is 16.9. The van der Waals surface area contributed by atoms with E-state index >= 15 is 0 Å². The van der Waals surface area contributed by atoms with Crippen LogP contribution in [0.3, 0.4) is 0 Å². The van der Waals surface area contributed by atoms with E-state index in [-0.39, 0.29) is 12.1 Å². The normalized spacial score (nSPS) is 19.0. The summed E-state index contributed by atoms with van der Waals surface area (Å²) in [5.41, 5.74) is 3.91. The van der Waals surface area contributed by atoms with Gasteiger partial charge in [0.15, 0.2) is 0 Å². The first-order chi connectivity index (χ1) is 12.8. The van der Waals surface area contributed by atoms with E-state index in [9.17, 15) is 4.79 Å². The molecule has 2 aromatic carbocycles. The molecule has 4 rings (SSSR count). The molecule has 136 valence electrons. The molecule has 0 fully saturated rings. The van der Waals surface area contributed by atoms with Gasteiger partial charge >= 0.3 is 6.03 Å². The van der Waals surface area contributed by atoms with Crippen LogP contribution in [0.4, 0.5) is 4.79 Å². The van der Waals surface area contributed by atoms with Gasteiger partial charge in [-0.3, -0.25) is 4.90 Å². The number of fused-ring (bicyclic) bond motifs is 2. The van der Waals surface area contributed by atoms with Crippen molar-refractivity contribution in [2.75, 3.05) is 26.2 Å². The number of amides is 2. The molecule has 2 amide bonds. The minimum atomic E-state index is -0.107. The molecule has 0 aliphatic carbocycles. The number of hydrogen-bond donors (Lipinski definition) is 2. The van der Waals surface area contributed by atoms with E-state index in [0.717, 1.165) is 43.8 Å². The topological polar surface area (TPSA) is 53.6 Å². The number of hydrogen-bond acceptors (Lipinski definition) is 3. The fraction of sp³-hybridized carbons (Fsp3) is 0.381. The van der Waals surface area contributed by atoms with Crippen molar-refractivity contribution in [1.82, 2.24) is 15.5 Å². The predicted octanol–water partition coefficient (Wildman–Crippen LogP) is 2.87. The Morgan fingerprint density at radius 3 is 2.85 bits per heavy atom. The standard InChI is InChI=1S/C21H25N3O2/c25-21(23-19-10-14-26-20-8-4-3-7-18(19)20)22-11-13-24-12-9-16-5-1-2-6-17(16)15-24/h1-8,19H,9-15H2,(H2,22,23,25)/t19-/m0/s1. The van der Waals surface area contributed by atoms with Crippen LogP contribution in [0.15, 0.2) is 48.5 Å². The van der Waals surface area contributed by atoms with Crippen LogP contribution in [0.2, 0.25) is 0 Å². The monoisotopic (exact) mass is 351 g/mol. The number of carbonyl (C=O) groups is 1. The first-order valence-corrected chi connectivity index (χ1v) is 9.35. The molecule has 26 heavy (non-hydrogen) atoms. The van der Waals surface area contributed by atoms with Crippen LogP contribution in [-0.4, -0.2) is 37.2 Å². The Hall–Kier alpha value is -2.53. The predicted molar refractivity (Wildman–Crippen MR) is 101 cm³/mol. The third kappa shape index (κ3) is 3.83. The second-order valence-electron chi connectivity index (χ2n) is 6.92. The lowest BCUT2D eigenvalue weighted by Gasteiger charge is -2.29. The molecule has 5 heteroatoms. The SMILES string of the molecule is O=C(NCCN1CCc2ccccc2C1)N[C@H]1CCOc2ccccc21. The molecule has 2 aromatic rings. The van der Waals surface area contributed by atoms with Crippen LogP contribution in [0.1, 0.15) is 29.2 Å². The lowest BCUT2D eigenvalue weighted by atomic mass is 10.00. The molecule has 1 atom stereocenters. The smallest absolute Gasteiger partial charge is 0.315 e. The Bertz CT molecular complexity index is 777. The number of nitrogens with zero attached hydrogens (tertiary/aromatic N) is 1. The van der Waals surface area contributed by atoms with Gasteiger partial charge < -0.3 is 15.4 Å². The Kier molecular flexibility index (Phi) is 5.07. The Labute approximate surface area is 154 Å². The summed E-state index contributed by atoms with van der Waals surface area (Å²) in [6.45, 7) is 4.17. The summed E-state index contributed by atoms with van der Waals surface area (Å²) in [4.78, 5) is 14.7. The van der Waals surface area contributed by atoms with E-state index in [4.69, 9.17) is 4.74 Å². The van der Waals surface area contributed by atoms with Crippen LogP contribution in [0.25, 0.3) is 0 Å². The number of carbonyl (C=O) groups excluding carboxylic acids is 1. The number of urea groups is 1. The molecule has 2 heterocycles. The van der Waals surface area contributed by atoms with Crippen molar-refractivity contribution in [2.24, 2.45) is 0 Å². The highest BCUT2D eigenvalue weighted by molar-refractivity contribution is 5.74. The van der Waals surface area contributed by atoms with E-state index in [1.54, 1.807) is 0 Å². The van der Waals surface area contributed by atoms with E-state index < -0.39 is 0 Å². The van der Waals surface area contributed by atoms with Gasteiger partial charge in [-0.2, -0.15) is 0 Å². The largest absolute Gasteiger partial charge is 0.493 e. The summed E-state index contributed by atoms with van der Waals surface area (Å²) in [5, 5.41) is 6.08. The Morgan fingerprint density at radius 2 is 1.92 bits per heavy atom. The molecule has 0 saturated carbocycles. The number of ether oxygens (including phenoxy) is 1. The van der Waals surface area contributed by atoms with Gasteiger partial charge in [0, 0.05) is 38.2 Å². The fourth-order valence-electron chi connectivity index (χ4n) is 3.77. The van der Waals surface area contributed by atoms with Crippen molar-refractivity contribution in [2.45, 2.75) is 25.4 Å². The summed E-state index contributed by atoms with van der Waals surface area (Å²) in [5.74, 6) is 0.871. The lowest BCUT2D eigenvalue weighted by Crippen LogP contribution is -2.43. The number of para-hydroxylation sites is 1. The molecule has 0 unspecified atom stereocenters. The molecular formula is C21H25N3O2. The molecule has 0 spiro atoms. The third-order valence-corrected chi connectivity index (χ3v) is 5.19. The number of rotatable bonds is 4. The average Bonchev–Trinajstić information content (AvgIpc) is 2.68. The van der Waals surface area contributed by atoms with Crippen LogP contribution in [-0.2, 0) is 13.0 Å². The second-order valence-corrected chi connectivity index (χ2v) is 6.92. The van der Waals surface area contributed by atoms with Crippen molar-refractivity contribution in [3.8, 4) is 5.75 Å². The van der Waals surface area contributed by atoms with E-state index in [1.165, 1.54) is 11.1 Å². The van der Waals surface area contributed by atoms with Gasteiger partial charge in [0.25, 0.3) is 0 Å². The summed E-state index contributed by atoms with van der Waals surface area (Å²) in [6.07, 6.45) is 1.88. The van der Waals surface area contributed by atoms with Crippen LogP contribution < -0.4 is 15.4 Å². The molecule has 2 N–H and O–H groups in total. The third-order valence-electron chi connectivity index (χ3n) is 5.19. The zero-order valence-corrected chi connectivity index (χ0v) is 14.9. The van der Waals surface area contributed by atoms with E-state index in [0.29, 0.717) is 13.2 Å². The van der Waals surface area contributed by atoms with Gasteiger partial charge in [-0.1, -0.05) is 42.5 Å². The lowest BCUT2D eigenvalue weighted by molar-refractivity contribution is 0.218. The number of benzene rings is 2. The Balaban J connectivity index is 1.24. The minimum Gasteiger partial charge on any atom is -0.493 e. The van der Waals surface area contributed by atoms with Gasteiger partial charge in [-0.15, -0.1) is 0 Å². The average molecular weight is 351 g/mol. The van der Waals surface area contributed by atoms with Gasteiger partial charge in [0.2, 0.25) is 0 Å². The van der Waals surface area contributed by atoms with Gasteiger partial charge in [0.05, 0.1) is 12.6 Å². The molecule has 2 aliphatic heterocycles. The van der Waals surface area contributed by atoms with Crippen LogP contribution in [0.5, 0.6) is 5.75 Å². The van der Waals surface area contributed by atoms with Gasteiger partial charge in [-0.05, 0) is 23.6 Å². The van der Waals surface area contributed by atoms with Crippen molar-refractivity contribution in [3.05, 3.63) is 65.2 Å². The maximum Gasteiger partial charge on any atom is 0.315 e.